The first-order valence-electron chi connectivity index (χ1n) is 7.56. The molecule has 0 saturated carbocycles. The van der Waals surface area contributed by atoms with E-state index in [1.807, 2.05) is 53.8 Å². The van der Waals surface area contributed by atoms with E-state index in [1.165, 1.54) is 5.56 Å². The zero-order valence-corrected chi connectivity index (χ0v) is 13.7. The van der Waals surface area contributed by atoms with Crippen LogP contribution in [0.15, 0.2) is 48.5 Å². The number of nitrogens with two attached hydrogens (primary N) is 1. The number of carbonyl (C=O) groups is 1. The number of rotatable bonds is 6. The van der Waals surface area contributed by atoms with Crippen molar-refractivity contribution in [3.8, 4) is 0 Å². The summed E-state index contributed by atoms with van der Waals surface area (Å²) in [5, 5.41) is 5.64. The SMILES string of the molecule is CCc1ccc(NC(=O)C[NH2+][C@H](C)c2cccc(Cl)c2)cc1. The molecule has 0 aliphatic carbocycles. The third-order valence-corrected chi connectivity index (χ3v) is 3.91. The molecule has 0 saturated heterocycles. The van der Waals surface area contributed by atoms with Crippen LogP contribution in [-0.2, 0) is 11.2 Å². The van der Waals surface area contributed by atoms with Crippen molar-refractivity contribution in [2.75, 3.05) is 11.9 Å². The number of hydrogen-bond acceptors (Lipinski definition) is 1. The van der Waals surface area contributed by atoms with Crippen molar-refractivity contribution in [1.29, 1.82) is 0 Å². The Morgan fingerprint density at radius 2 is 1.95 bits per heavy atom. The summed E-state index contributed by atoms with van der Waals surface area (Å²) in [7, 11) is 0. The summed E-state index contributed by atoms with van der Waals surface area (Å²) in [6.45, 7) is 4.55. The predicted molar refractivity (Wildman–Crippen MR) is 91.1 cm³/mol. The molecule has 0 spiro atoms. The molecule has 0 fully saturated rings. The fourth-order valence-corrected chi connectivity index (χ4v) is 2.44. The second-order valence-electron chi connectivity index (χ2n) is 5.38. The van der Waals surface area contributed by atoms with Crippen LogP contribution in [0.4, 0.5) is 5.69 Å². The van der Waals surface area contributed by atoms with E-state index in [-0.39, 0.29) is 11.9 Å². The normalized spacial score (nSPS) is 12.0. The summed E-state index contributed by atoms with van der Waals surface area (Å²) in [6.07, 6.45) is 0.999. The maximum absolute atomic E-state index is 12.0. The second-order valence-corrected chi connectivity index (χ2v) is 5.82. The molecule has 0 aliphatic heterocycles. The molecule has 0 unspecified atom stereocenters. The molecule has 4 heteroatoms. The van der Waals surface area contributed by atoms with E-state index in [4.69, 9.17) is 11.6 Å². The van der Waals surface area contributed by atoms with Crippen molar-refractivity contribution in [3.05, 3.63) is 64.7 Å². The molecule has 0 radical (unpaired) electrons. The number of hydrogen-bond donors (Lipinski definition) is 2. The standard InChI is InChI=1S/C18H21ClN2O/c1-3-14-7-9-17(10-8-14)21-18(22)12-20-13(2)15-5-4-6-16(19)11-15/h4-11,13,20H,3,12H2,1-2H3,(H,21,22)/p+1/t13-/m1/s1. The van der Waals surface area contributed by atoms with Gasteiger partial charge in [0, 0.05) is 16.3 Å². The number of quaternary nitrogens is 1. The highest BCUT2D eigenvalue weighted by atomic mass is 35.5. The van der Waals surface area contributed by atoms with E-state index >= 15 is 0 Å². The second kappa shape index (κ2) is 7.97. The topological polar surface area (TPSA) is 45.7 Å². The van der Waals surface area contributed by atoms with Crippen LogP contribution in [0.25, 0.3) is 0 Å². The van der Waals surface area contributed by atoms with Crippen LogP contribution in [0.1, 0.15) is 31.0 Å². The van der Waals surface area contributed by atoms with Crippen LogP contribution >= 0.6 is 11.6 Å². The van der Waals surface area contributed by atoms with Gasteiger partial charge < -0.3 is 10.6 Å². The first-order valence-corrected chi connectivity index (χ1v) is 7.94. The number of benzene rings is 2. The Morgan fingerprint density at radius 3 is 2.59 bits per heavy atom. The van der Waals surface area contributed by atoms with Gasteiger partial charge in [0.2, 0.25) is 0 Å². The number of anilines is 1. The number of carbonyl (C=O) groups excluding carboxylic acids is 1. The average Bonchev–Trinajstić information content (AvgIpc) is 2.53. The van der Waals surface area contributed by atoms with Crippen LogP contribution in [-0.4, -0.2) is 12.5 Å². The van der Waals surface area contributed by atoms with Crippen LogP contribution in [0.3, 0.4) is 0 Å². The lowest BCUT2D eigenvalue weighted by Crippen LogP contribution is -2.86. The molecule has 1 atom stereocenters. The van der Waals surface area contributed by atoms with Crippen LogP contribution < -0.4 is 10.6 Å². The van der Waals surface area contributed by atoms with E-state index in [9.17, 15) is 4.79 Å². The molecule has 0 heterocycles. The number of halogens is 1. The van der Waals surface area contributed by atoms with Crippen molar-refractivity contribution in [1.82, 2.24) is 0 Å². The largest absolute Gasteiger partial charge is 0.333 e. The van der Waals surface area contributed by atoms with Crippen LogP contribution in [0.5, 0.6) is 0 Å². The van der Waals surface area contributed by atoms with Gasteiger partial charge in [-0.3, -0.25) is 4.79 Å². The van der Waals surface area contributed by atoms with Gasteiger partial charge in [0.1, 0.15) is 6.04 Å². The van der Waals surface area contributed by atoms with Crippen molar-refractivity contribution in [2.45, 2.75) is 26.3 Å². The third-order valence-electron chi connectivity index (χ3n) is 3.68. The Kier molecular flexibility index (Phi) is 5.99. The molecular formula is C18H22ClN2O+. The maximum atomic E-state index is 12.0. The average molecular weight is 318 g/mol. The minimum Gasteiger partial charge on any atom is -0.333 e. The molecule has 3 nitrogen and oxygen atoms in total. The van der Waals surface area contributed by atoms with Gasteiger partial charge in [-0.15, -0.1) is 0 Å². The van der Waals surface area contributed by atoms with E-state index in [0.717, 1.165) is 22.7 Å². The van der Waals surface area contributed by atoms with Gasteiger partial charge in [-0.25, -0.2) is 0 Å². The molecule has 2 aromatic rings. The van der Waals surface area contributed by atoms with Gasteiger partial charge in [0.25, 0.3) is 5.91 Å². The molecule has 116 valence electrons. The molecule has 22 heavy (non-hydrogen) atoms. The Hall–Kier alpha value is -1.84. The van der Waals surface area contributed by atoms with Gasteiger partial charge in [-0.05, 0) is 43.2 Å². The lowest BCUT2D eigenvalue weighted by molar-refractivity contribution is -0.682. The Labute approximate surface area is 136 Å². The lowest BCUT2D eigenvalue weighted by Gasteiger charge is -2.11. The summed E-state index contributed by atoms with van der Waals surface area (Å²) >= 11 is 5.99. The number of aryl methyl sites for hydroxylation is 1. The Morgan fingerprint density at radius 1 is 1.23 bits per heavy atom. The quantitative estimate of drug-likeness (QED) is 0.844. The summed E-state index contributed by atoms with van der Waals surface area (Å²) in [6, 6.07) is 15.9. The fourth-order valence-electron chi connectivity index (χ4n) is 2.25. The maximum Gasteiger partial charge on any atom is 0.279 e. The lowest BCUT2D eigenvalue weighted by atomic mass is 10.1. The molecule has 2 rings (SSSR count). The molecule has 3 N–H and O–H groups in total. The van der Waals surface area contributed by atoms with E-state index in [1.54, 1.807) is 0 Å². The van der Waals surface area contributed by atoms with Gasteiger partial charge in [0.15, 0.2) is 6.54 Å². The third kappa shape index (κ3) is 4.86. The summed E-state index contributed by atoms with van der Waals surface area (Å²) in [4.78, 5) is 12.0. The Bertz CT molecular complexity index is 625. The van der Waals surface area contributed by atoms with Gasteiger partial charge >= 0.3 is 0 Å². The smallest absolute Gasteiger partial charge is 0.279 e. The summed E-state index contributed by atoms with van der Waals surface area (Å²) in [5.74, 6) is -0.00173. The van der Waals surface area contributed by atoms with Crippen molar-refractivity contribution in [2.24, 2.45) is 0 Å². The summed E-state index contributed by atoms with van der Waals surface area (Å²) in [5.41, 5.74) is 3.22. The van der Waals surface area contributed by atoms with Crippen molar-refractivity contribution in [3.63, 3.8) is 0 Å². The highest BCUT2D eigenvalue weighted by Crippen LogP contribution is 2.14. The van der Waals surface area contributed by atoms with Crippen LogP contribution in [0, 0.1) is 0 Å². The van der Waals surface area contributed by atoms with E-state index < -0.39 is 0 Å². The molecule has 1 amide bonds. The highest BCUT2D eigenvalue weighted by Gasteiger charge is 2.11. The Balaban J connectivity index is 1.84. The van der Waals surface area contributed by atoms with Crippen molar-refractivity contribution < 1.29 is 10.1 Å². The number of nitrogens with one attached hydrogen (secondary N) is 1. The van der Waals surface area contributed by atoms with Gasteiger partial charge in [-0.1, -0.05) is 42.8 Å². The predicted octanol–water partition coefficient (Wildman–Crippen LogP) is 3.17. The van der Waals surface area contributed by atoms with E-state index in [0.29, 0.717) is 6.54 Å². The molecular weight excluding hydrogens is 296 g/mol. The minimum absolute atomic E-state index is 0.00173. The molecule has 0 bridgehead atoms. The monoisotopic (exact) mass is 317 g/mol. The fraction of sp³-hybridized carbons (Fsp3) is 0.278. The zero-order valence-electron chi connectivity index (χ0n) is 13.0. The van der Waals surface area contributed by atoms with Crippen molar-refractivity contribution >= 4 is 23.2 Å². The first kappa shape index (κ1) is 16.5. The molecule has 0 aromatic heterocycles. The minimum atomic E-state index is -0.00173. The van der Waals surface area contributed by atoms with Gasteiger partial charge in [0.05, 0.1) is 0 Å². The van der Waals surface area contributed by atoms with Crippen LogP contribution in [0.2, 0.25) is 5.02 Å². The number of amides is 1. The first-order chi connectivity index (χ1) is 10.6. The molecule has 2 aromatic carbocycles. The summed E-state index contributed by atoms with van der Waals surface area (Å²) < 4.78 is 0. The highest BCUT2D eigenvalue weighted by molar-refractivity contribution is 6.30. The zero-order chi connectivity index (χ0) is 15.9. The van der Waals surface area contributed by atoms with Gasteiger partial charge in [-0.2, -0.15) is 0 Å². The molecule has 0 aliphatic rings. The van der Waals surface area contributed by atoms with E-state index in [2.05, 4.69) is 19.2 Å².